The fourth-order valence-corrected chi connectivity index (χ4v) is 4.47. The Hall–Kier alpha value is -2.47. The first-order valence-corrected chi connectivity index (χ1v) is 9.24. The van der Waals surface area contributed by atoms with Crippen molar-refractivity contribution in [3.8, 4) is 11.3 Å². The maximum absolute atomic E-state index is 13.3. The van der Waals surface area contributed by atoms with Gasteiger partial charge < -0.3 is 15.7 Å². The van der Waals surface area contributed by atoms with Crippen LogP contribution in [0.1, 0.15) is 42.5 Å². The van der Waals surface area contributed by atoms with E-state index in [1.807, 2.05) is 35.2 Å². The number of benzene rings is 1. The number of nitrogen functional groups attached to an aromatic ring is 1. The lowest BCUT2D eigenvalue weighted by Crippen LogP contribution is -2.49. The number of anilines is 1. The average Bonchev–Trinajstić information content (AvgIpc) is 3.01. The van der Waals surface area contributed by atoms with E-state index in [2.05, 4.69) is 9.97 Å². The van der Waals surface area contributed by atoms with Crippen molar-refractivity contribution in [3.63, 3.8) is 0 Å². The maximum atomic E-state index is 13.3. The summed E-state index contributed by atoms with van der Waals surface area (Å²) < 4.78 is 0. The van der Waals surface area contributed by atoms with Crippen LogP contribution in [0.3, 0.4) is 0 Å². The molecule has 1 aliphatic carbocycles. The monoisotopic (exact) mass is 352 g/mol. The van der Waals surface area contributed by atoms with Crippen molar-refractivity contribution < 1.29 is 9.90 Å². The van der Waals surface area contributed by atoms with Gasteiger partial charge in [0.15, 0.2) is 0 Å². The highest BCUT2D eigenvalue weighted by atomic mass is 16.3. The third-order valence-corrected chi connectivity index (χ3v) is 5.84. The van der Waals surface area contributed by atoms with Crippen LogP contribution in [0.2, 0.25) is 0 Å². The number of nitrogens with two attached hydrogens (primary N) is 1. The summed E-state index contributed by atoms with van der Waals surface area (Å²) in [5.41, 5.74) is 7.51. The van der Waals surface area contributed by atoms with E-state index in [4.69, 9.17) is 5.73 Å². The lowest BCUT2D eigenvalue weighted by Gasteiger charge is -2.42. The van der Waals surface area contributed by atoms with Crippen LogP contribution in [-0.4, -0.2) is 45.1 Å². The Labute approximate surface area is 153 Å². The van der Waals surface area contributed by atoms with Crippen LogP contribution in [-0.2, 0) is 0 Å². The predicted octanol–water partition coefficient (Wildman–Crippen LogP) is 2.49. The van der Waals surface area contributed by atoms with E-state index in [1.165, 1.54) is 6.20 Å². The minimum Gasteiger partial charge on any atom is -0.392 e. The van der Waals surface area contributed by atoms with E-state index in [0.717, 1.165) is 37.7 Å². The molecule has 2 heterocycles. The second kappa shape index (κ2) is 6.68. The van der Waals surface area contributed by atoms with Crippen LogP contribution >= 0.6 is 0 Å². The second-order valence-electron chi connectivity index (χ2n) is 7.46. The number of nitrogens with zero attached hydrogens (tertiary/aromatic N) is 3. The summed E-state index contributed by atoms with van der Waals surface area (Å²) in [6.07, 6.45) is 5.97. The number of rotatable bonds is 2. The van der Waals surface area contributed by atoms with Crippen molar-refractivity contribution >= 4 is 11.9 Å². The number of hydrogen-bond acceptors (Lipinski definition) is 5. The number of amides is 1. The SMILES string of the molecule is Nc1ncc(C(=O)N2CCC[C@@]3(CCC[C@H]3O)C2)c(-c2ccccc2)n1. The topological polar surface area (TPSA) is 92.3 Å². The summed E-state index contributed by atoms with van der Waals surface area (Å²) in [6, 6.07) is 9.57. The van der Waals surface area contributed by atoms with Gasteiger partial charge in [-0.05, 0) is 25.7 Å². The number of likely N-dealkylation sites (tertiary alicyclic amines) is 1. The first-order chi connectivity index (χ1) is 12.6. The van der Waals surface area contributed by atoms with Gasteiger partial charge in [0.25, 0.3) is 5.91 Å². The fourth-order valence-electron chi connectivity index (χ4n) is 4.47. The molecule has 1 saturated carbocycles. The highest BCUT2D eigenvalue weighted by Gasteiger charge is 2.45. The van der Waals surface area contributed by atoms with Crippen molar-refractivity contribution in [2.75, 3.05) is 18.8 Å². The molecule has 1 amide bonds. The highest BCUT2D eigenvalue weighted by Crippen LogP contribution is 2.45. The Balaban J connectivity index is 1.66. The summed E-state index contributed by atoms with van der Waals surface area (Å²) in [4.78, 5) is 23.5. The van der Waals surface area contributed by atoms with Crippen molar-refractivity contribution in [2.45, 2.75) is 38.2 Å². The third kappa shape index (κ3) is 2.94. The average molecular weight is 352 g/mol. The Bertz CT molecular complexity index is 811. The van der Waals surface area contributed by atoms with E-state index in [-0.39, 0.29) is 23.4 Å². The molecule has 2 aromatic rings. The van der Waals surface area contributed by atoms with Gasteiger partial charge in [0.2, 0.25) is 5.95 Å². The number of aliphatic hydroxyl groups is 1. The summed E-state index contributed by atoms with van der Waals surface area (Å²) in [5, 5.41) is 10.5. The fraction of sp³-hybridized carbons (Fsp3) is 0.450. The number of aromatic nitrogens is 2. The molecule has 3 N–H and O–H groups in total. The van der Waals surface area contributed by atoms with Gasteiger partial charge >= 0.3 is 0 Å². The Morgan fingerprint density at radius 1 is 1.23 bits per heavy atom. The molecule has 0 unspecified atom stereocenters. The Morgan fingerprint density at radius 3 is 2.73 bits per heavy atom. The smallest absolute Gasteiger partial charge is 0.257 e. The zero-order valence-corrected chi connectivity index (χ0v) is 14.8. The predicted molar refractivity (Wildman–Crippen MR) is 99.3 cm³/mol. The van der Waals surface area contributed by atoms with E-state index in [9.17, 15) is 9.90 Å². The van der Waals surface area contributed by atoms with Gasteiger partial charge in [0.1, 0.15) is 0 Å². The van der Waals surface area contributed by atoms with Gasteiger partial charge in [0, 0.05) is 30.3 Å². The van der Waals surface area contributed by atoms with Crippen LogP contribution in [0.25, 0.3) is 11.3 Å². The molecule has 2 aliphatic rings. The van der Waals surface area contributed by atoms with E-state index in [0.29, 0.717) is 24.3 Å². The van der Waals surface area contributed by atoms with Gasteiger partial charge in [-0.25, -0.2) is 9.97 Å². The second-order valence-corrected chi connectivity index (χ2v) is 7.46. The molecule has 26 heavy (non-hydrogen) atoms. The molecule has 0 radical (unpaired) electrons. The number of aliphatic hydroxyl groups excluding tert-OH is 1. The van der Waals surface area contributed by atoms with Crippen molar-refractivity contribution in [2.24, 2.45) is 5.41 Å². The molecular weight excluding hydrogens is 328 g/mol. The van der Waals surface area contributed by atoms with Crippen LogP contribution in [0.15, 0.2) is 36.5 Å². The summed E-state index contributed by atoms with van der Waals surface area (Å²) in [7, 11) is 0. The molecule has 1 aliphatic heterocycles. The Kier molecular flexibility index (Phi) is 4.36. The van der Waals surface area contributed by atoms with Crippen molar-refractivity contribution in [1.82, 2.24) is 14.9 Å². The lowest BCUT2D eigenvalue weighted by molar-refractivity contribution is -0.00535. The normalized spacial score (nSPS) is 25.6. The summed E-state index contributed by atoms with van der Waals surface area (Å²) in [5.74, 6) is 0.0729. The van der Waals surface area contributed by atoms with Gasteiger partial charge in [0.05, 0.1) is 17.4 Å². The minimum absolute atomic E-state index is 0.0815. The first kappa shape index (κ1) is 17.0. The summed E-state index contributed by atoms with van der Waals surface area (Å²) in [6.45, 7) is 1.30. The molecule has 1 aromatic carbocycles. The van der Waals surface area contributed by atoms with E-state index < -0.39 is 0 Å². The molecule has 2 fully saturated rings. The lowest BCUT2D eigenvalue weighted by atomic mass is 9.76. The molecular formula is C20H24N4O2. The third-order valence-electron chi connectivity index (χ3n) is 5.84. The molecule has 136 valence electrons. The quantitative estimate of drug-likeness (QED) is 0.866. The van der Waals surface area contributed by atoms with Crippen LogP contribution < -0.4 is 5.73 Å². The minimum atomic E-state index is -0.311. The molecule has 6 heteroatoms. The summed E-state index contributed by atoms with van der Waals surface area (Å²) >= 11 is 0. The number of carbonyl (C=O) groups excluding carboxylic acids is 1. The van der Waals surface area contributed by atoms with E-state index >= 15 is 0 Å². The zero-order chi connectivity index (χ0) is 18.1. The molecule has 0 bridgehead atoms. The standard InChI is InChI=1S/C20H24N4O2/c21-19-22-12-15(17(23-19)14-6-2-1-3-7-14)18(26)24-11-5-10-20(13-24)9-4-8-16(20)25/h1-3,6-7,12,16,25H,4-5,8-11,13H2,(H2,21,22,23)/t16-,20+/m1/s1. The number of carbonyl (C=O) groups is 1. The number of hydrogen-bond donors (Lipinski definition) is 2. The maximum Gasteiger partial charge on any atom is 0.257 e. The molecule has 1 aromatic heterocycles. The highest BCUT2D eigenvalue weighted by molar-refractivity contribution is 5.99. The van der Waals surface area contributed by atoms with Gasteiger partial charge in [-0.1, -0.05) is 36.8 Å². The van der Waals surface area contributed by atoms with Gasteiger partial charge in [-0.2, -0.15) is 0 Å². The zero-order valence-electron chi connectivity index (χ0n) is 14.8. The number of piperidine rings is 1. The largest absolute Gasteiger partial charge is 0.392 e. The molecule has 2 atom stereocenters. The first-order valence-electron chi connectivity index (χ1n) is 9.24. The molecule has 4 rings (SSSR count). The Morgan fingerprint density at radius 2 is 2.00 bits per heavy atom. The van der Waals surface area contributed by atoms with E-state index in [1.54, 1.807) is 0 Å². The molecule has 1 saturated heterocycles. The van der Waals surface area contributed by atoms with Crippen LogP contribution in [0, 0.1) is 5.41 Å². The molecule has 6 nitrogen and oxygen atoms in total. The van der Waals surface area contributed by atoms with Crippen molar-refractivity contribution in [3.05, 3.63) is 42.1 Å². The van der Waals surface area contributed by atoms with Crippen LogP contribution in [0.5, 0.6) is 0 Å². The van der Waals surface area contributed by atoms with Crippen LogP contribution in [0.4, 0.5) is 5.95 Å². The van der Waals surface area contributed by atoms with Crippen molar-refractivity contribution in [1.29, 1.82) is 0 Å². The van der Waals surface area contributed by atoms with Gasteiger partial charge in [-0.3, -0.25) is 4.79 Å². The molecule has 1 spiro atoms. The van der Waals surface area contributed by atoms with Gasteiger partial charge in [-0.15, -0.1) is 0 Å².